The summed E-state index contributed by atoms with van der Waals surface area (Å²) in [5.74, 6) is -0.345. The Labute approximate surface area is 127 Å². The minimum atomic E-state index is -0.172. The zero-order chi connectivity index (χ0) is 15.8. The third-order valence-electron chi connectivity index (χ3n) is 2.86. The number of hydrogen-bond acceptors (Lipinski definition) is 6. The summed E-state index contributed by atoms with van der Waals surface area (Å²) in [5.41, 5.74) is 0. The topological polar surface area (TPSA) is 71.1 Å². The molecule has 0 radical (unpaired) electrons. The Bertz CT molecular complexity index is 241. The highest BCUT2D eigenvalue weighted by atomic mass is 16.6. The van der Waals surface area contributed by atoms with Gasteiger partial charge in [0.2, 0.25) is 0 Å². The van der Waals surface area contributed by atoms with Crippen molar-refractivity contribution in [3.63, 3.8) is 0 Å². The van der Waals surface area contributed by atoms with Crippen molar-refractivity contribution in [2.24, 2.45) is 0 Å². The second kappa shape index (κ2) is 15.3. The first kappa shape index (κ1) is 19.9. The summed E-state index contributed by atoms with van der Waals surface area (Å²) >= 11 is 0. The van der Waals surface area contributed by atoms with Gasteiger partial charge in [0, 0.05) is 27.1 Å². The molecule has 0 atom stereocenters. The van der Waals surface area contributed by atoms with Crippen molar-refractivity contribution in [3.05, 3.63) is 0 Å². The molecule has 0 rings (SSSR count). The Kier molecular flexibility index (Phi) is 14.4. The number of unbranched alkanes of at least 4 members (excludes halogenated alkanes) is 4. The van der Waals surface area contributed by atoms with Crippen LogP contribution in [0.1, 0.15) is 44.9 Å². The summed E-state index contributed by atoms with van der Waals surface area (Å²) in [4.78, 5) is 22.5. The molecule has 21 heavy (non-hydrogen) atoms. The van der Waals surface area contributed by atoms with Gasteiger partial charge < -0.3 is 18.9 Å². The minimum absolute atomic E-state index is 0.172. The molecule has 0 aliphatic rings. The molecule has 0 heterocycles. The summed E-state index contributed by atoms with van der Waals surface area (Å²) in [5, 5.41) is 0. The highest BCUT2D eigenvalue weighted by molar-refractivity contribution is 5.69. The van der Waals surface area contributed by atoms with Crippen LogP contribution in [0.5, 0.6) is 0 Å². The molecule has 0 aliphatic heterocycles. The van der Waals surface area contributed by atoms with E-state index in [1.807, 2.05) is 0 Å². The van der Waals surface area contributed by atoms with Crippen LogP contribution in [-0.4, -0.2) is 52.6 Å². The van der Waals surface area contributed by atoms with Gasteiger partial charge in [0.05, 0.1) is 13.2 Å². The first-order valence-corrected chi connectivity index (χ1v) is 7.49. The first-order chi connectivity index (χ1) is 10.2. The van der Waals surface area contributed by atoms with Crippen LogP contribution in [0.2, 0.25) is 0 Å². The molecule has 0 saturated heterocycles. The number of esters is 2. The third kappa shape index (κ3) is 15.1. The Morgan fingerprint density at radius 3 is 1.38 bits per heavy atom. The lowest BCUT2D eigenvalue weighted by molar-refractivity contribution is -0.145. The number of carbonyl (C=O) groups excluding carboxylic acids is 2. The van der Waals surface area contributed by atoms with Gasteiger partial charge in [0.1, 0.15) is 13.2 Å². The maximum Gasteiger partial charge on any atom is 0.305 e. The van der Waals surface area contributed by atoms with Crippen LogP contribution < -0.4 is 0 Å². The summed E-state index contributed by atoms with van der Waals surface area (Å²) in [6.45, 7) is 1.51. The van der Waals surface area contributed by atoms with Crippen molar-refractivity contribution in [1.29, 1.82) is 0 Å². The highest BCUT2D eigenvalue weighted by Gasteiger charge is 2.04. The Balaban J connectivity index is 3.24. The molecule has 0 N–H and O–H groups in total. The average Bonchev–Trinajstić information content (AvgIpc) is 2.47. The standard InChI is InChI=1S/C15H28O6/c1-18-10-12-20-14(16)8-6-4-3-5-7-9-15(17)21-13-11-19-2/h3-13H2,1-2H3. The van der Waals surface area contributed by atoms with Crippen LogP contribution in [0, 0.1) is 0 Å². The maximum atomic E-state index is 11.3. The number of hydrogen-bond donors (Lipinski definition) is 0. The van der Waals surface area contributed by atoms with Crippen molar-refractivity contribution in [2.45, 2.75) is 44.9 Å². The quantitative estimate of drug-likeness (QED) is 0.361. The van der Waals surface area contributed by atoms with Crippen LogP contribution in [0.4, 0.5) is 0 Å². The van der Waals surface area contributed by atoms with Crippen molar-refractivity contribution in [1.82, 2.24) is 0 Å². The second-order valence-electron chi connectivity index (χ2n) is 4.69. The molecular formula is C15H28O6. The molecule has 0 saturated carbocycles. The van der Waals surface area contributed by atoms with E-state index in [0.717, 1.165) is 32.1 Å². The van der Waals surface area contributed by atoms with E-state index in [2.05, 4.69) is 0 Å². The van der Waals surface area contributed by atoms with Crippen molar-refractivity contribution in [3.8, 4) is 0 Å². The minimum Gasteiger partial charge on any atom is -0.463 e. The van der Waals surface area contributed by atoms with Crippen molar-refractivity contribution >= 4 is 11.9 Å². The van der Waals surface area contributed by atoms with Gasteiger partial charge in [0.25, 0.3) is 0 Å². The molecule has 0 aromatic carbocycles. The number of carbonyl (C=O) groups is 2. The predicted octanol–water partition coefficient (Wildman–Crippen LogP) is 2.10. The predicted molar refractivity (Wildman–Crippen MR) is 78.0 cm³/mol. The highest BCUT2D eigenvalue weighted by Crippen LogP contribution is 2.08. The summed E-state index contributed by atoms with van der Waals surface area (Å²) in [6.07, 6.45) is 5.49. The fraction of sp³-hybridized carbons (Fsp3) is 0.867. The average molecular weight is 304 g/mol. The van der Waals surface area contributed by atoms with E-state index in [0.29, 0.717) is 39.3 Å². The van der Waals surface area contributed by atoms with E-state index < -0.39 is 0 Å². The molecule has 0 fully saturated rings. The third-order valence-corrected chi connectivity index (χ3v) is 2.86. The zero-order valence-electron chi connectivity index (χ0n) is 13.2. The number of methoxy groups -OCH3 is 2. The van der Waals surface area contributed by atoms with Crippen molar-refractivity contribution in [2.75, 3.05) is 40.6 Å². The molecule has 0 bridgehead atoms. The molecule has 0 unspecified atom stereocenters. The Morgan fingerprint density at radius 1 is 0.619 bits per heavy atom. The molecule has 124 valence electrons. The Morgan fingerprint density at radius 2 is 1.00 bits per heavy atom. The molecular weight excluding hydrogens is 276 g/mol. The summed E-state index contributed by atoms with van der Waals surface area (Å²) < 4.78 is 19.5. The van der Waals surface area contributed by atoms with E-state index in [-0.39, 0.29) is 11.9 Å². The fourth-order valence-corrected chi connectivity index (χ4v) is 1.69. The van der Waals surface area contributed by atoms with Gasteiger partial charge in [-0.15, -0.1) is 0 Å². The van der Waals surface area contributed by atoms with E-state index in [1.54, 1.807) is 14.2 Å². The molecule has 0 spiro atoms. The van der Waals surface area contributed by atoms with Crippen LogP contribution >= 0.6 is 0 Å². The maximum absolute atomic E-state index is 11.3. The normalized spacial score (nSPS) is 10.4. The molecule has 0 aromatic rings. The Hall–Kier alpha value is -1.14. The fourth-order valence-electron chi connectivity index (χ4n) is 1.69. The lowest BCUT2D eigenvalue weighted by Crippen LogP contribution is -2.09. The van der Waals surface area contributed by atoms with Crippen LogP contribution in [0.25, 0.3) is 0 Å². The lowest BCUT2D eigenvalue weighted by Gasteiger charge is -2.05. The van der Waals surface area contributed by atoms with E-state index in [4.69, 9.17) is 18.9 Å². The van der Waals surface area contributed by atoms with Gasteiger partial charge in [-0.2, -0.15) is 0 Å². The second-order valence-corrected chi connectivity index (χ2v) is 4.69. The number of ether oxygens (including phenoxy) is 4. The van der Waals surface area contributed by atoms with Crippen LogP contribution in [-0.2, 0) is 28.5 Å². The SMILES string of the molecule is COCCOC(=O)CCCCCCCC(=O)OCCOC. The van der Waals surface area contributed by atoms with E-state index in [9.17, 15) is 9.59 Å². The zero-order valence-corrected chi connectivity index (χ0v) is 13.2. The molecule has 0 amide bonds. The van der Waals surface area contributed by atoms with Gasteiger partial charge in [0.15, 0.2) is 0 Å². The largest absolute Gasteiger partial charge is 0.463 e. The number of rotatable bonds is 14. The van der Waals surface area contributed by atoms with E-state index in [1.165, 1.54) is 0 Å². The van der Waals surface area contributed by atoms with Gasteiger partial charge in [-0.05, 0) is 12.8 Å². The smallest absolute Gasteiger partial charge is 0.305 e. The van der Waals surface area contributed by atoms with E-state index >= 15 is 0 Å². The molecule has 6 nitrogen and oxygen atoms in total. The molecule has 0 aliphatic carbocycles. The van der Waals surface area contributed by atoms with Gasteiger partial charge in [-0.25, -0.2) is 0 Å². The first-order valence-electron chi connectivity index (χ1n) is 7.49. The molecule has 0 aromatic heterocycles. The van der Waals surface area contributed by atoms with Crippen LogP contribution in [0.3, 0.4) is 0 Å². The monoisotopic (exact) mass is 304 g/mol. The summed E-state index contributed by atoms with van der Waals surface area (Å²) in [7, 11) is 3.14. The van der Waals surface area contributed by atoms with Crippen LogP contribution in [0.15, 0.2) is 0 Å². The van der Waals surface area contributed by atoms with Gasteiger partial charge >= 0.3 is 11.9 Å². The lowest BCUT2D eigenvalue weighted by atomic mass is 10.1. The molecule has 6 heteroatoms. The van der Waals surface area contributed by atoms with Gasteiger partial charge in [-0.3, -0.25) is 9.59 Å². The summed E-state index contributed by atoms with van der Waals surface area (Å²) in [6, 6.07) is 0. The van der Waals surface area contributed by atoms with Crippen molar-refractivity contribution < 1.29 is 28.5 Å². The van der Waals surface area contributed by atoms with Gasteiger partial charge in [-0.1, -0.05) is 19.3 Å².